The van der Waals surface area contributed by atoms with Crippen molar-refractivity contribution in [1.82, 2.24) is 30.0 Å². The first kappa shape index (κ1) is 18.0. The first-order chi connectivity index (χ1) is 13.6. The monoisotopic (exact) mass is 381 g/mol. The third-order valence-electron chi connectivity index (χ3n) is 5.16. The van der Waals surface area contributed by atoms with E-state index in [-0.39, 0.29) is 18.1 Å². The van der Waals surface area contributed by atoms with E-state index in [0.717, 1.165) is 37.4 Å². The summed E-state index contributed by atoms with van der Waals surface area (Å²) in [7, 11) is 1.86. The maximum Gasteiger partial charge on any atom is 0.318 e. The van der Waals surface area contributed by atoms with Gasteiger partial charge < -0.3 is 20.4 Å². The lowest BCUT2D eigenvalue weighted by Crippen LogP contribution is -2.58. The maximum atomic E-state index is 12.5. The van der Waals surface area contributed by atoms with Crippen molar-refractivity contribution in [3.8, 4) is 6.07 Å². The first-order valence-electron chi connectivity index (χ1n) is 9.41. The van der Waals surface area contributed by atoms with Gasteiger partial charge in [0.05, 0.1) is 36.5 Å². The van der Waals surface area contributed by atoms with Crippen LogP contribution in [0.3, 0.4) is 0 Å². The lowest BCUT2D eigenvalue weighted by atomic mass is 10.2. The molecular formula is C18H23N9O. The summed E-state index contributed by atoms with van der Waals surface area (Å²) in [5.74, 6) is 1.37. The molecule has 2 amide bonds. The van der Waals surface area contributed by atoms with Gasteiger partial charge in [-0.05, 0) is 18.9 Å². The van der Waals surface area contributed by atoms with Gasteiger partial charge in [-0.2, -0.15) is 15.3 Å². The van der Waals surface area contributed by atoms with Gasteiger partial charge in [-0.3, -0.25) is 4.68 Å². The Kier molecular flexibility index (Phi) is 4.97. The van der Waals surface area contributed by atoms with E-state index in [1.54, 1.807) is 17.1 Å². The Morgan fingerprint density at radius 1 is 1.36 bits per heavy atom. The molecule has 2 saturated heterocycles. The van der Waals surface area contributed by atoms with Gasteiger partial charge in [0.2, 0.25) is 5.95 Å². The molecule has 2 fully saturated rings. The summed E-state index contributed by atoms with van der Waals surface area (Å²) in [6.45, 7) is 1.88. The van der Waals surface area contributed by atoms with Crippen molar-refractivity contribution in [2.75, 3.05) is 29.9 Å². The van der Waals surface area contributed by atoms with Crippen LogP contribution in [0.25, 0.3) is 0 Å². The molecule has 28 heavy (non-hydrogen) atoms. The number of hydrogen-bond donors (Lipinski definition) is 2. The number of hydrogen-bond acceptors (Lipinski definition) is 7. The highest BCUT2D eigenvalue weighted by atomic mass is 16.2. The molecule has 0 aromatic carbocycles. The Bertz CT molecular complexity index is 875. The van der Waals surface area contributed by atoms with Crippen molar-refractivity contribution in [2.24, 2.45) is 7.05 Å². The van der Waals surface area contributed by atoms with E-state index >= 15 is 0 Å². The fourth-order valence-electron chi connectivity index (χ4n) is 3.94. The average Bonchev–Trinajstić information content (AvgIpc) is 3.21. The van der Waals surface area contributed by atoms with Crippen LogP contribution in [-0.2, 0) is 7.05 Å². The second kappa shape index (κ2) is 7.72. The normalized spacial score (nSPS) is 20.7. The number of fused-ring (bicyclic) bond motifs is 2. The number of amides is 2. The van der Waals surface area contributed by atoms with Crippen molar-refractivity contribution in [2.45, 2.75) is 31.3 Å². The van der Waals surface area contributed by atoms with Gasteiger partial charge in [0, 0.05) is 39.1 Å². The highest BCUT2D eigenvalue weighted by molar-refractivity contribution is 5.76. The number of carbonyl (C=O) groups is 1. The standard InChI is InChI=1S/C18H23N9O/c1-25-10-13(9-22-25)23-17-20-8-5-16(24-17)26-11-14-3-4-15(12-26)27(14)18(28)21-7-2-6-19/h5,8-10,14-15H,2-4,7,11-12H2,1H3,(H,21,28)(H,20,23,24). The van der Waals surface area contributed by atoms with Gasteiger partial charge >= 0.3 is 6.03 Å². The number of anilines is 3. The van der Waals surface area contributed by atoms with E-state index in [1.807, 2.05) is 30.3 Å². The third-order valence-corrected chi connectivity index (χ3v) is 5.16. The highest BCUT2D eigenvalue weighted by Crippen LogP contribution is 2.32. The second-order valence-electron chi connectivity index (χ2n) is 7.10. The summed E-state index contributed by atoms with van der Waals surface area (Å²) in [6.07, 6.45) is 7.62. The first-order valence-corrected chi connectivity index (χ1v) is 9.41. The van der Waals surface area contributed by atoms with Gasteiger partial charge in [-0.15, -0.1) is 0 Å². The lowest BCUT2D eigenvalue weighted by Gasteiger charge is -2.41. The number of nitriles is 1. The smallest absolute Gasteiger partial charge is 0.318 e. The van der Waals surface area contributed by atoms with E-state index in [0.29, 0.717) is 18.9 Å². The molecule has 10 heteroatoms. The van der Waals surface area contributed by atoms with E-state index < -0.39 is 0 Å². The Morgan fingerprint density at radius 2 is 2.14 bits per heavy atom. The number of nitrogens with one attached hydrogen (secondary N) is 2. The minimum Gasteiger partial charge on any atom is -0.352 e. The summed E-state index contributed by atoms with van der Waals surface area (Å²) < 4.78 is 1.71. The van der Waals surface area contributed by atoms with E-state index in [2.05, 4.69) is 30.6 Å². The highest BCUT2D eigenvalue weighted by Gasteiger charge is 2.42. The molecule has 4 rings (SSSR count). The molecule has 10 nitrogen and oxygen atoms in total. The summed E-state index contributed by atoms with van der Waals surface area (Å²) in [5, 5.41) is 18.8. The molecule has 2 bridgehead atoms. The Balaban J connectivity index is 1.42. The van der Waals surface area contributed by atoms with Crippen LogP contribution >= 0.6 is 0 Å². The second-order valence-corrected chi connectivity index (χ2v) is 7.10. The molecule has 0 aliphatic carbocycles. The number of urea groups is 1. The summed E-state index contributed by atoms with van der Waals surface area (Å²) in [4.78, 5) is 25.6. The number of aromatic nitrogens is 4. The minimum absolute atomic E-state index is 0.0657. The molecule has 4 heterocycles. The zero-order valence-corrected chi connectivity index (χ0v) is 15.7. The molecule has 2 aromatic heterocycles. The van der Waals surface area contributed by atoms with Crippen molar-refractivity contribution in [1.29, 1.82) is 5.26 Å². The summed E-state index contributed by atoms with van der Waals surface area (Å²) >= 11 is 0. The summed E-state index contributed by atoms with van der Waals surface area (Å²) in [5.41, 5.74) is 0.832. The summed E-state index contributed by atoms with van der Waals surface area (Å²) in [6, 6.07) is 4.20. The SMILES string of the molecule is Cn1cc(Nc2nccc(N3CC4CCC(C3)N4C(=O)NCCC#N)n2)cn1. The molecule has 2 aromatic rings. The largest absolute Gasteiger partial charge is 0.352 e. The van der Waals surface area contributed by atoms with Crippen molar-refractivity contribution >= 4 is 23.5 Å². The Morgan fingerprint density at radius 3 is 2.82 bits per heavy atom. The lowest BCUT2D eigenvalue weighted by molar-refractivity contribution is 0.162. The molecule has 2 atom stereocenters. The molecule has 2 aliphatic rings. The zero-order valence-electron chi connectivity index (χ0n) is 15.7. The van der Waals surface area contributed by atoms with Crippen molar-refractivity contribution in [3.63, 3.8) is 0 Å². The number of piperazine rings is 1. The van der Waals surface area contributed by atoms with Crippen LogP contribution in [-0.4, -0.2) is 62.4 Å². The van der Waals surface area contributed by atoms with Crippen molar-refractivity contribution in [3.05, 3.63) is 24.7 Å². The average molecular weight is 381 g/mol. The Hall–Kier alpha value is -3.35. The van der Waals surface area contributed by atoms with Crippen LogP contribution < -0.4 is 15.5 Å². The molecule has 0 radical (unpaired) electrons. The quantitative estimate of drug-likeness (QED) is 0.749. The number of carbonyl (C=O) groups excluding carboxylic acids is 1. The predicted molar refractivity (Wildman–Crippen MR) is 103 cm³/mol. The molecular weight excluding hydrogens is 358 g/mol. The molecule has 146 valence electrons. The molecule has 2 N–H and O–H groups in total. The van der Waals surface area contributed by atoms with E-state index in [1.165, 1.54) is 0 Å². The van der Waals surface area contributed by atoms with Gasteiger partial charge in [-0.25, -0.2) is 9.78 Å². The van der Waals surface area contributed by atoms with Crippen LogP contribution in [0.15, 0.2) is 24.7 Å². The topological polar surface area (TPSA) is 115 Å². The molecule has 2 aliphatic heterocycles. The van der Waals surface area contributed by atoms with Gasteiger partial charge in [0.15, 0.2) is 0 Å². The molecule has 2 unspecified atom stereocenters. The van der Waals surface area contributed by atoms with E-state index in [4.69, 9.17) is 5.26 Å². The van der Waals surface area contributed by atoms with Crippen LogP contribution in [0.5, 0.6) is 0 Å². The number of aryl methyl sites for hydroxylation is 1. The fraction of sp³-hybridized carbons (Fsp3) is 0.500. The van der Waals surface area contributed by atoms with Gasteiger partial charge in [0.1, 0.15) is 5.82 Å². The number of rotatable bonds is 5. The Labute approximate surface area is 163 Å². The molecule has 0 saturated carbocycles. The maximum absolute atomic E-state index is 12.5. The van der Waals surface area contributed by atoms with Gasteiger partial charge in [0.25, 0.3) is 0 Å². The minimum atomic E-state index is -0.0657. The van der Waals surface area contributed by atoms with Crippen LogP contribution in [0.2, 0.25) is 0 Å². The predicted octanol–water partition coefficient (Wildman–Crippen LogP) is 1.23. The van der Waals surface area contributed by atoms with E-state index in [9.17, 15) is 4.79 Å². The van der Waals surface area contributed by atoms with Gasteiger partial charge in [-0.1, -0.05) is 0 Å². The van der Waals surface area contributed by atoms with Crippen molar-refractivity contribution < 1.29 is 4.79 Å². The van der Waals surface area contributed by atoms with Crippen LogP contribution in [0.4, 0.5) is 22.2 Å². The molecule has 0 spiro atoms. The number of nitrogens with zero attached hydrogens (tertiary/aromatic N) is 7. The zero-order chi connectivity index (χ0) is 19.5. The fourth-order valence-corrected chi connectivity index (χ4v) is 3.94. The van der Waals surface area contributed by atoms with Crippen LogP contribution in [0.1, 0.15) is 19.3 Å². The third kappa shape index (κ3) is 3.69. The van der Waals surface area contributed by atoms with Crippen LogP contribution in [0, 0.1) is 11.3 Å².